The number of nitrogens with zero attached hydrogens (tertiary/aromatic N) is 5. The molecular weight excluding hydrogens is 416 g/mol. The summed E-state index contributed by atoms with van der Waals surface area (Å²) in [6.45, 7) is 0. The Hall–Kier alpha value is -3.53. The summed E-state index contributed by atoms with van der Waals surface area (Å²) in [5.41, 5.74) is 1.90. The molecule has 1 atom stereocenters. The van der Waals surface area contributed by atoms with E-state index in [2.05, 4.69) is 20.8 Å². The number of benzene rings is 2. The van der Waals surface area contributed by atoms with Crippen molar-refractivity contribution in [3.8, 4) is 11.4 Å². The molecule has 0 bridgehead atoms. The van der Waals surface area contributed by atoms with Gasteiger partial charge in [-0.2, -0.15) is 11.8 Å². The predicted molar refractivity (Wildman–Crippen MR) is 117 cm³/mol. The van der Waals surface area contributed by atoms with Crippen LogP contribution in [0.2, 0.25) is 0 Å². The molecule has 2 heterocycles. The van der Waals surface area contributed by atoms with Gasteiger partial charge in [0.25, 0.3) is 11.8 Å². The molecule has 0 fully saturated rings. The number of carbonyl (C=O) groups excluding carboxylic acids is 3. The number of aromatic nitrogens is 4. The summed E-state index contributed by atoms with van der Waals surface area (Å²) in [6, 6.07) is 12.8. The van der Waals surface area contributed by atoms with Gasteiger partial charge in [-0.25, -0.2) is 4.68 Å². The molecule has 1 aliphatic heterocycles. The molecule has 0 saturated heterocycles. The largest absolute Gasteiger partial charge is 0.324 e. The van der Waals surface area contributed by atoms with Gasteiger partial charge >= 0.3 is 0 Å². The van der Waals surface area contributed by atoms with Crippen LogP contribution in [0.3, 0.4) is 0 Å². The Morgan fingerprint density at radius 3 is 2.42 bits per heavy atom. The SMILES string of the molecule is CSCC[C@@H](C(=O)Nc1cccc(-c2nnnn2C)c1)N1C(=O)c2ccccc2C1=O. The van der Waals surface area contributed by atoms with Crippen molar-refractivity contribution in [3.05, 3.63) is 59.7 Å². The van der Waals surface area contributed by atoms with Crippen LogP contribution in [0.4, 0.5) is 5.69 Å². The molecule has 10 heteroatoms. The molecule has 1 aliphatic rings. The van der Waals surface area contributed by atoms with E-state index in [9.17, 15) is 14.4 Å². The minimum atomic E-state index is -0.917. The Kier molecular flexibility index (Phi) is 5.81. The second kappa shape index (κ2) is 8.68. The van der Waals surface area contributed by atoms with E-state index in [-0.39, 0.29) is 0 Å². The zero-order valence-electron chi connectivity index (χ0n) is 17.0. The van der Waals surface area contributed by atoms with Gasteiger partial charge in [0.05, 0.1) is 11.1 Å². The molecule has 1 N–H and O–H groups in total. The molecule has 158 valence electrons. The van der Waals surface area contributed by atoms with Crippen LogP contribution in [-0.2, 0) is 11.8 Å². The molecule has 31 heavy (non-hydrogen) atoms. The Bertz CT molecular complexity index is 1130. The van der Waals surface area contributed by atoms with Crippen molar-refractivity contribution in [2.45, 2.75) is 12.5 Å². The number of fused-ring (bicyclic) bond motifs is 1. The van der Waals surface area contributed by atoms with Gasteiger partial charge in [0.1, 0.15) is 6.04 Å². The van der Waals surface area contributed by atoms with Crippen molar-refractivity contribution in [2.24, 2.45) is 7.05 Å². The molecule has 2 aromatic carbocycles. The average Bonchev–Trinajstić information content (AvgIpc) is 3.31. The first-order chi connectivity index (χ1) is 15.0. The van der Waals surface area contributed by atoms with Crippen LogP contribution in [0.1, 0.15) is 27.1 Å². The van der Waals surface area contributed by atoms with E-state index in [1.165, 1.54) is 4.68 Å². The lowest BCUT2D eigenvalue weighted by atomic mass is 10.1. The first-order valence-electron chi connectivity index (χ1n) is 9.60. The normalized spacial score (nSPS) is 13.9. The zero-order valence-corrected chi connectivity index (χ0v) is 17.8. The minimum absolute atomic E-state index is 0.325. The van der Waals surface area contributed by atoms with Gasteiger partial charge in [-0.15, -0.1) is 5.10 Å². The van der Waals surface area contributed by atoms with Crippen molar-refractivity contribution in [1.82, 2.24) is 25.1 Å². The van der Waals surface area contributed by atoms with Gasteiger partial charge < -0.3 is 5.32 Å². The highest BCUT2D eigenvalue weighted by atomic mass is 32.2. The smallest absolute Gasteiger partial charge is 0.262 e. The van der Waals surface area contributed by atoms with E-state index in [4.69, 9.17) is 0 Å². The fourth-order valence-electron chi connectivity index (χ4n) is 3.53. The Labute approximate surface area is 182 Å². The van der Waals surface area contributed by atoms with Gasteiger partial charge in [-0.1, -0.05) is 24.3 Å². The monoisotopic (exact) mass is 436 g/mol. The van der Waals surface area contributed by atoms with E-state index in [0.717, 1.165) is 10.5 Å². The Morgan fingerprint density at radius 2 is 1.81 bits per heavy atom. The van der Waals surface area contributed by atoms with Gasteiger partial charge in [-0.05, 0) is 53.1 Å². The summed E-state index contributed by atoms with van der Waals surface area (Å²) in [4.78, 5) is 40.1. The van der Waals surface area contributed by atoms with Crippen molar-refractivity contribution in [2.75, 3.05) is 17.3 Å². The predicted octanol–water partition coefficient (Wildman–Crippen LogP) is 2.23. The summed E-state index contributed by atoms with van der Waals surface area (Å²) in [5, 5.41) is 14.3. The molecular formula is C21H20N6O3S. The number of thioether (sulfide) groups is 1. The van der Waals surface area contributed by atoms with Crippen LogP contribution in [0.25, 0.3) is 11.4 Å². The number of rotatable bonds is 7. The summed E-state index contributed by atoms with van der Waals surface area (Å²) < 4.78 is 1.53. The minimum Gasteiger partial charge on any atom is -0.324 e. The lowest BCUT2D eigenvalue weighted by molar-refractivity contribution is -0.120. The topological polar surface area (TPSA) is 110 Å². The molecule has 0 radical (unpaired) electrons. The molecule has 0 unspecified atom stereocenters. The van der Waals surface area contributed by atoms with Gasteiger partial charge in [0.15, 0.2) is 5.82 Å². The van der Waals surface area contributed by atoms with Gasteiger partial charge in [0.2, 0.25) is 5.91 Å². The molecule has 0 aliphatic carbocycles. The highest BCUT2D eigenvalue weighted by Gasteiger charge is 2.42. The standard InChI is InChI=1S/C21H20N6O3S/c1-26-18(23-24-25-26)13-6-5-7-14(12-13)22-19(28)17(10-11-31-2)27-20(29)15-8-3-4-9-16(15)21(27)30/h3-9,12,17H,10-11H2,1-2H3,(H,22,28)/t17-/m0/s1. The van der Waals surface area contributed by atoms with Crippen molar-refractivity contribution >= 4 is 35.2 Å². The van der Waals surface area contributed by atoms with Gasteiger partial charge in [-0.3, -0.25) is 19.3 Å². The third kappa shape index (κ3) is 3.93. The lowest BCUT2D eigenvalue weighted by Gasteiger charge is -2.25. The lowest BCUT2D eigenvalue weighted by Crippen LogP contribution is -2.47. The second-order valence-electron chi connectivity index (χ2n) is 7.02. The van der Waals surface area contributed by atoms with Crippen LogP contribution < -0.4 is 5.32 Å². The first-order valence-corrected chi connectivity index (χ1v) is 11.0. The van der Waals surface area contributed by atoms with Crippen LogP contribution >= 0.6 is 11.8 Å². The third-order valence-electron chi connectivity index (χ3n) is 5.04. The molecule has 0 saturated carbocycles. The number of aryl methyl sites for hydroxylation is 1. The summed E-state index contributed by atoms with van der Waals surface area (Å²) in [6.07, 6.45) is 2.26. The van der Waals surface area contributed by atoms with Crippen molar-refractivity contribution < 1.29 is 14.4 Å². The molecule has 0 spiro atoms. The van der Waals surface area contributed by atoms with Crippen molar-refractivity contribution in [3.63, 3.8) is 0 Å². The molecule has 9 nitrogen and oxygen atoms in total. The molecule has 3 aromatic rings. The summed E-state index contributed by atoms with van der Waals surface area (Å²) in [5.74, 6) is -0.135. The van der Waals surface area contributed by atoms with Crippen LogP contribution in [0.15, 0.2) is 48.5 Å². The number of carbonyl (C=O) groups is 3. The maximum absolute atomic E-state index is 13.2. The number of amides is 3. The van der Waals surface area contributed by atoms with E-state index in [0.29, 0.717) is 34.8 Å². The molecule has 4 rings (SSSR count). The third-order valence-corrected chi connectivity index (χ3v) is 5.69. The maximum Gasteiger partial charge on any atom is 0.262 e. The highest BCUT2D eigenvalue weighted by molar-refractivity contribution is 7.98. The van der Waals surface area contributed by atoms with E-state index in [1.807, 2.05) is 12.3 Å². The zero-order chi connectivity index (χ0) is 22.0. The number of imide groups is 1. The van der Waals surface area contributed by atoms with E-state index in [1.54, 1.807) is 61.3 Å². The Morgan fingerprint density at radius 1 is 1.10 bits per heavy atom. The van der Waals surface area contributed by atoms with Crippen LogP contribution in [-0.4, -0.2) is 60.9 Å². The highest BCUT2D eigenvalue weighted by Crippen LogP contribution is 2.27. The molecule has 1 aromatic heterocycles. The molecule has 3 amide bonds. The van der Waals surface area contributed by atoms with Crippen LogP contribution in [0.5, 0.6) is 0 Å². The second-order valence-corrected chi connectivity index (χ2v) is 8.00. The summed E-state index contributed by atoms with van der Waals surface area (Å²) in [7, 11) is 1.72. The Balaban J connectivity index is 1.60. The van der Waals surface area contributed by atoms with E-state index >= 15 is 0 Å². The summed E-state index contributed by atoms with van der Waals surface area (Å²) >= 11 is 1.55. The fraction of sp³-hybridized carbons (Fsp3) is 0.238. The van der Waals surface area contributed by atoms with Crippen LogP contribution in [0, 0.1) is 0 Å². The maximum atomic E-state index is 13.2. The van der Waals surface area contributed by atoms with E-state index < -0.39 is 23.8 Å². The average molecular weight is 436 g/mol. The number of tetrazole rings is 1. The van der Waals surface area contributed by atoms with Crippen molar-refractivity contribution in [1.29, 1.82) is 0 Å². The first kappa shape index (κ1) is 20.7. The number of nitrogens with one attached hydrogen (secondary N) is 1. The number of anilines is 1. The van der Waals surface area contributed by atoms with Gasteiger partial charge in [0, 0.05) is 18.3 Å². The number of hydrogen-bond donors (Lipinski definition) is 1. The number of hydrogen-bond acceptors (Lipinski definition) is 7. The quantitative estimate of drug-likeness (QED) is 0.566. The fourth-order valence-corrected chi connectivity index (χ4v) is 3.99.